The molecule has 1 unspecified atom stereocenters. The van der Waals surface area contributed by atoms with Gasteiger partial charge in [0.15, 0.2) is 0 Å². The topological polar surface area (TPSA) is 0 Å². The summed E-state index contributed by atoms with van der Waals surface area (Å²) in [6.45, 7) is 4.58. The Bertz CT molecular complexity index is 218. The predicted octanol–water partition coefficient (Wildman–Crippen LogP) is 1.37. The monoisotopic (exact) mass is 303 g/mol. The first kappa shape index (κ1) is 13.9. The molecule has 0 radical (unpaired) electrons. The van der Waals surface area contributed by atoms with E-state index >= 15 is 0 Å². The molecule has 0 aliphatic rings. The van der Waals surface area contributed by atoms with Gasteiger partial charge in [-0.1, -0.05) is 63.4 Å². The molecule has 1 rings (SSSR count). The number of hydrogen-bond donors (Lipinski definition) is 0. The van der Waals surface area contributed by atoms with Crippen LogP contribution in [0.1, 0.15) is 51.0 Å². The summed E-state index contributed by atoms with van der Waals surface area (Å²) in [5.41, 5.74) is 1.48. The molecule has 0 aromatic heterocycles. The molecule has 0 spiro atoms. The number of benzene rings is 1. The summed E-state index contributed by atoms with van der Waals surface area (Å²) in [6, 6.07) is 10.8. The van der Waals surface area contributed by atoms with Gasteiger partial charge in [-0.2, -0.15) is 0 Å². The van der Waals surface area contributed by atoms with Gasteiger partial charge in [-0.3, -0.25) is 0 Å². The molecular weight excluding hydrogens is 283 g/mol. The number of unbranched alkanes of at least 4 members (excludes halogenated alkanes) is 2. The van der Waals surface area contributed by atoms with Crippen LogP contribution in [0.5, 0.6) is 0 Å². The Morgan fingerprint density at radius 3 is 2.29 bits per heavy atom. The molecule has 0 bridgehead atoms. The molecule has 1 heteroatoms. The summed E-state index contributed by atoms with van der Waals surface area (Å²) in [5, 5.41) is 0. The third kappa shape index (κ3) is 4.99. The molecular formula is C13H20I-. The van der Waals surface area contributed by atoms with Crippen LogP contribution in [0.15, 0.2) is 30.3 Å². The summed E-state index contributed by atoms with van der Waals surface area (Å²) < 4.78 is 0. The minimum absolute atomic E-state index is 0. The van der Waals surface area contributed by atoms with Gasteiger partial charge >= 0.3 is 0 Å². The number of rotatable bonds is 5. The quantitative estimate of drug-likeness (QED) is 0.569. The van der Waals surface area contributed by atoms with Gasteiger partial charge in [0, 0.05) is 0 Å². The summed E-state index contributed by atoms with van der Waals surface area (Å²) in [6.07, 6.45) is 5.39. The maximum atomic E-state index is 2.32. The lowest BCUT2D eigenvalue weighted by atomic mass is 9.95. The third-order valence-corrected chi connectivity index (χ3v) is 2.61. The first-order valence-electron chi connectivity index (χ1n) is 5.39. The average molecular weight is 303 g/mol. The highest BCUT2D eigenvalue weighted by Crippen LogP contribution is 2.20. The molecule has 0 heterocycles. The highest BCUT2D eigenvalue weighted by atomic mass is 127. The van der Waals surface area contributed by atoms with E-state index in [4.69, 9.17) is 0 Å². The van der Waals surface area contributed by atoms with E-state index in [0.29, 0.717) is 0 Å². The van der Waals surface area contributed by atoms with Crippen molar-refractivity contribution >= 4 is 0 Å². The molecule has 0 nitrogen and oxygen atoms in total. The van der Waals surface area contributed by atoms with Crippen molar-refractivity contribution in [2.45, 2.75) is 45.4 Å². The lowest BCUT2D eigenvalue weighted by molar-refractivity contribution is -0.00000286. The summed E-state index contributed by atoms with van der Waals surface area (Å²) in [4.78, 5) is 0. The van der Waals surface area contributed by atoms with Crippen molar-refractivity contribution < 1.29 is 24.0 Å². The van der Waals surface area contributed by atoms with Gasteiger partial charge in [0.1, 0.15) is 0 Å². The van der Waals surface area contributed by atoms with Crippen LogP contribution in [0.3, 0.4) is 0 Å². The van der Waals surface area contributed by atoms with Crippen LogP contribution in [0.2, 0.25) is 0 Å². The fourth-order valence-corrected chi connectivity index (χ4v) is 1.65. The second-order valence-corrected chi connectivity index (χ2v) is 3.81. The van der Waals surface area contributed by atoms with Crippen LogP contribution in [0, 0.1) is 0 Å². The van der Waals surface area contributed by atoms with E-state index in [1.165, 1.54) is 31.2 Å². The van der Waals surface area contributed by atoms with E-state index in [1.54, 1.807) is 0 Å². The Balaban J connectivity index is 0.00000169. The molecule has 0 aliphatic heterocycles. The Labute approximate surface area is 105 Å². The highest BCUT2D eigenvalue weighted by molar-refractivity contribution is 5.18. The van der Waals surface area contributed by atoms with E-state index in [0.717, 1.165) is 5.92 Å². The van der Waals surface area contributed by atoms with Crippen LogP contribution >= 0.6 is 0 Å². The lowest BCUT2D eigenvalue weighted by Gasteiger charge is -2.10. The summed E-state index contributed by atoms with van der Waals surface area (Å²) in [7, 11) is 0. The van der Waals surface area contributed by atoms with Crippen LogP contribution in [-0.4, -0.2) is 0 Å². The Morgan fingerprint density at radius 1 is 1.07 bits per heavy atom. The number of halogens is 1. The van der Waals surface area contributed by atoms with Crippen molar-refractivity contribution in [3.8, 4) is 0 Å². The first-order chi connectivity index (χ1) is 6.34. The lowest BCUT2D eigenvalue weighted by Crippen LogP contribution is -3.00. The van der Waals surface area contributed by atoms with Gasteiger partial charge in [-0.05, 0) is 17.9 Å². The zero-order valence-corrected chi connectivity index (χ0v) is 11.3. The smallest absolute Gasteiger partial charge is 0.0190 e. The van der Waals surface area contributed by atoms with Crippen molar-refractivity contribution in [3.05, 3.63) is 35.9 Å². The van der Waals surface area contributed by atoms with Crippen molar-refractivity contribution in [1.29, 1.82) is 0 Å². The molecule has 1 aromatic rings. The maximum Gasteiger partial charge on any atom is -0.0190 e. The van der Waals surface area contributed by atoms with Crippen molar-refractivity contribution in [2.24, 2.45) is 0 Å². The van der Waals surface area contributed by atoms with Crippen LogP contribution < -0.4 is 24.0 Å². The van der Waals surface area contributed by atoms with Gasteiger partial charge in [0.25, 0.3) is 0 Å². The maximum absolute atomic E-state index is 2.32. The SMILES string of the molecule is CCCCCC(C)c1ccccc1.[I-]. The zero-order chi connectivity index (χ0) is 9.52. The molecule has 0 saturated heterocycles. The number of hydrogen-bond acceptors (Lipinski definition) is 0. The van der Waals surface area contributed by atoms with E-state index in [1.807, 2.05) is 0 Å². The van der Waals surface area contributed by atoms with E-state index in [-0.39, 0.29) is 24.0 Å². The molecule has 1 atom stereocenters. The Kier molecular flexibility index (Phi) is 8.24. The molecule has 0 N–H and O–H groups in total. The standard InChI is InChI=1S/C13H20.HI/c1-3-4-6-9-12(2)13-10-7-5-8-11-13;/h5,7-8,10-12H,3-4,6,9H2,1-2H3;1H/p-1. The van der Waals surface area contributed by atoms with Crippen LogP contribution in [0.25, 0.3) is 0 Å². The zero-order valence-electron chi connectivity index (χ0n) is 9.17. The third-order valence-electron chi connectivity index (χ3n) is 2.61. The molecule has 0 amide bonds. The largest absolute Gasteiger partial charge is 1.00 e. The van der Waals surface area contributed by atoms with Crippen LogP contribution in [0.4, 0.5) is 0 Å². The predicted molar refractivity (Wildman–Crippen MR) is 59.0 cm³/mol. The molecule has 0 aliphatic carbocycles. The molecule has 14 heavy (non-hydrogen) atoms. The van der Waals surface area contributed by atoms with Crippen molar-refractivity contribution in [1.82, 2.24) is 0 Å². The Hall–Kier alpha value is -0.0500. The van der Waals surface area contributed by atoms with Crippen molar-refractivity contribution in [3.63, 3.8) is 0 Å². The molecule has 1 aromatic carbocycles. The normalized spacial score (nSPS) is 11.9. The van der Waals surface area contributed by atoms with Gasteiger partial charge in [-0.15, -0.1) is 0 Å². The van der Waals surface area contributed by atoms with Gasteiger partial charge in [0.05, 0.1) is 0 Å². The van der Waals surface area contributed by atoms with E-state index in [9.17, 15) is 0 Å². The van der Waals surface area contributed by atoms with Gasteiger partial charge < -0.3 is 24.0 Å². The average Bonchev–Trinajstić information content (AvgIpc) is 2.19. The van der Waals surface area contributed by atoms with E-state index < -0.39 is 0 Å². The second-order valence-electron chi connectivity index (χ2n) is 3.81. The van der Waals surface area contributed by atoms with Crippen LogP contribution in [-0.2, 0) is 0 Å². The first-order valence-corrected chi connectivity index (χ1v) is 5.39. The van der Waals surface area contributed by atoms with E-state index in [2.05, 4.69) is 44.2 Å². The fraction of sp³-hybridized carbons (Fsp3) is 0.538. The van der Waals surface area contributed by atoms with Gasteiger partial charge in [-0.25, -0.2) is 0 Å². The van der Waals surface area contributed by atoms with Crippen molar-refractivity contribution in [2.75, 3.05) is 0 Å². The fourth-order valence-electron chi connectivity index (χ4n) is 1.65. The highest BCUT2D eigenvalue weighted by Gasteiger charge is 2.02. The second kappa shape index (κ2) is 8.27. The summed E-state index contributed by atoms with van der Waals surface area (Å²) in [5.74, 6) is 0.729. The van der Waals surface area contributed by atoms with Gasteiger partial charge in [0.2, 0.25) is 0 Å². The molecule has 0 fully saturated rings. The minimum Gasteiger partial charge on any atom is -1.00 e. The Morgan fingerprint density at radius 2 is 1.71 bits per heavy atom. The minimum atomic E-state index is 0. The molecule has 0 saturated carbocycles. The molecule has 80 valence electrons. The summed E-state index contributed by atoms with van der Waals surface area (Å²) >= 11 is 0.